The van der Waals surface area contributed by atoms with Gasteiger partial charge in [-0.05, 0) is 32.9 Å². The van der Waals surface area contributed by atoms with E-state index >= 15 is 0 Å². The molecule has 0 unspecified atom stereocenters. The monoisotopic (exact) mass is 297 g/mol. The topological polar surface area (TPSA) is 67.1 Å². The van der Waals surface area contributed by atoms with Gasteiger partial charge in [-0.3, -0.25) is 9.58 Å². The van der Waals surface area contributed by atoms with Crippen molar-refractivity contribution in [2.75, 3.05) is 20.2 Å². The molecular weight excluding hydrogens is 278 g/mol. The first-order chi connectivity index (χ1) is 9.61. The molecule has 2 rings (SSSR count). The van der Waals surface area contributed by atoms with Gasteiger partial charge in [0.05, 0.1) is 18.1 Å². The summed E-state index contributed by atoms with van der Waals surface area (Å²) in [6.45, 7) is 1.87. The van der Waals surface area contributed by atoms with Crippen LogP contribution in [0.25, 0.3) is 11.0 Å². The quantitative estimate of drug-likeness (QED) is 0.621. The molecule has 0 saturated heterocycles. The zero-order valence-electron chi connectivity index (χ0n) is 11.9. The van der Waals surface area contributed by atoms with Gasteiger partial charge in [-0.25, -0.2) is 9.97 Å². The molecule has 110 valence electrons. The van der Waals surface area contributed by atoms with E-state index < -0.39 is 0 Å². The molecule has 0 fully saturated rings. The Balaban J connectivity index is 2.00. The van der Waals surface area contributed by atoms with Crippen molar-refractivity contribution >= 4 is 22.6 Å². The molecule has 0 bridgehead atoms. The molecular formula is C13H20ClN5O. The van der Waals surface area contributed by atoms with Crippen molar-refractivity contribution in [2.45, 2.75) is 25.8 Å². The van der Waals surface area contributed by atoms with E-state index in [9.17, 15) is 0 Å². The Morgan fingerprint density at radius 3 is 2.85 bits per heavy atom. The first-order valence-corrected chi connectivity index (χ1v) is 7.13. The van der Waals surface area contributed by atoms with Crippen LogP contribution < -0.4 is 0 Å². The van der Waals surface area contributed by atoms with Crippen molar-refractivity contribution in [3.05, 3.63) is 17.2 Å². The second-order valence-corrected chi connectivity index (χ2v) is 5.32. The molecule has 0 atom stereocenters. The number of fused-ring (bicyclic) bond motifs is 1. The van der Waals surface area contributed by atoms with Crippen LogP contribution in [0.2, 0.25) is 5.15 Å². The normalized spacial score (nSPS) is 11.7. The van der Waals surface area contributed by atoms with Gasteiger partial charge in [-0.1, -0.05) is 11.6 Å². The van der Waals surface area contributed by atoms with E-state index in [1.807, 2.05) is 14.1 Å². The van der Waals surface area contributed by atoms with E-state index in [2.05, 4.69) is 20.0 Å². The molecule has 2 aromatic heterocycles. The lowest BCUT2D eigenvalue weighted by atomic mass is 10.2. The standard InChI is InChI=1S/C13H20ClN5O/c1-18(6-4-3-5-7-20)9-11-16-12(14)10-8-15-19(2)13(10)17-11/h8,20H,3-7,9H2,1-2H3. The average molecular weight is 298 g/mol. The number of aliphatic hydroxyl groups excluding tert-OH is 1. The highest BCUT2D eigenvalue weighted by Crippen LogP contribution is 2.19. The molecule has 1 N–H and O–H groups in total. The van der Waals surface area contributed by atoms with Crippen LogP contribution in [-0.4, -0.2) is 50.0 Å². The predicted octanol–water partition coefficient (Wildman–Crippen LogP) is 1.61. The number of unbranched alkanes of at least 4 members (excludes halogenated alkanes) is 2. The Morgan fingerprint density at radius 2 is 2.10 bits per heavy atom. The SMILES string of the molecule is CN(CCCCCO)Cc1nc(Cl)c2cnn(C)c2n1. The highest BCUT2D eigenvalue weighted by atomic mass is 35.5. The van der Waals surface area contributed by atoms with Crippen LogP contribution in [0.5, 0.6) is 0 Å². The molecule has 0 aliphatic carbocycles. The summed E-state index contributed by atoms with van der Waals surface area (Å²) in [6.07, 6.45) is 4.62. The smallest absolute Gasteiger partial charge is 0.162 e. The highest BCUT2D eigenvalue weighted by molar-refractivity contribution is 6.33. The highest BCUT2D eigenvalue weighted by Gasteiger charge is 2.11. The molecule has 2 heterocycles. The van der Waals surface area contributed by atoms with Gasteiger partial charge >= 0.3 is 0 Å². The van der Waals surface area contributed by atoms with E-state index in [-0.39, 0.29) is 6.61 Å². The number of hydrogen-bond donors (Lipinski definition) is 1. The molecule has 0 aromatic carbocycles. The summed E-state index contributed by atoms with van der Waals surface area (Å²) in [5.41, 5.74) is 0.758. The van der Waals surface area contributed by atoms with Crippen LogP contribution in [0.1, 0.15) is 25.1 Å². The molecule has 2 aromatic rings. The minimum absolute atomic E-state index is 0.263. The maximum Gasteiger partial charge on any atom is 0.162 e. The minimum Gasteiger partial charge on any atom is -0.396 e. The van der Waals surface area contributed by atoms with Gasteiger partial charge in [-0.15, -0.1) is 0 Å². The van der Waals surface area contributed by atoms with Crippen molar-refractivity contribution < 1.29 is 5.11 Å². The number of hydrogen-bond acceptors (Lipinski definition) is 5. The largest absolute Gasteiger partial charge is 0.396 e. The number of rotatable bonds is 7. The van der Waals surface area contributed by atoms with Gasteiger partial charge in [0.15, 0.2) is 5.65 Å². The molecule has 7 heteroatoms. The summed E-state index contributed by atoms with van der Waals surface area (Å²) in [5, 5.41) is 14.1. The van der Waals surface area contributed by atoms with Crippen LogP contribution in [0, 0.1) is 0 Å². The fourth-order valence-electron chi connectivity index (χ4n) is 2.09. The lowest BCUT2D eigenvalue weighted by Crippen LogP contribution is -2.21. The summed E-state index contributed by atoms with van der Waals surface area (Å²) >= 11 is 6.15. The molecule has 0 amide bonds. The Labute approximate surface area is 123 Å². The molecule has 0 aliphatic rings. The molecule has 20 heavy (non-hydrogen) atoms. The van der Waals surface area contributed by atoms with Gasteiger partial charge in [0, 0.05) is 13.7 Å². The van der Waals surface area contributed by atoms with Crippen LogP contribution in [-0.2, 0) is 13.6 Å². The minimum atomic E-state index is 0.263. The number of nitrogens with zero attached hydrogens (tertiary/aromatic N) is 5. The van der Waals surface area contributed by atoms with Gasteiger partial charge in [0.1, 0.15) is 11.0 Å². The van der Waals surface area contributed by atoms with Gasteiger partial charge < -0.3 is 5.11 Å². The second-order valence-electron chi connectivity index (χ2n) is 4.96. The van der Waals surface area contributed by atoms with Crippen molar-refractivity contribution in [3.8, 4) is 0 Å². The Bertz CT molecular complexity index is 571. The maximum absolute atomic E-state index is 8.75. The number of aryl methyl sites for hydroxylation is 1. The summed E-state index contributed by atoms with van der Waals surface area (Å²) in [7, 11) is 3.87. The molecule has 0 radical (unpaired) electrons. The van der Waals surface area contributed by atoms with Crippen LogP contribution in [0.15, 0.2) is 6.20 Å². The zero-order chi connectivity index (χ0) is 14.5. The zero-order valence-corrected chi connectivity index (χ0v) is 12.6. The average Bonchev–Trinajstić information content (AvgIpc) is 2.77. The van der Waals surface area contributed by atoms with E-state index in [0.29, 0.717) is 17.5 Å². The summed E-state index contributed by atoms with van der Waals surface area (Å²) < 4.78 is 1.70. The third-order valence-corrected chi connectivity index (χ3v) is 3.49. The third-order valence-electron chi connectivity index (χ3n) is 3.20. The van der Waals surface area contributed by atoms with Gasteiger partial charge in [-0.2, -0.15) is 5.10 Å². The number of halogens is 1. The summed E-state index contributed by atoms with van der Waals surface area (Å²) in [6, 6.07) is 0. The van der Waals surface area contributed by atoms with Crippen LogP contribution in [0.4, 0.5) is 0 Å². The van der Waals surface area contributed by atoms with Crippen molar-refractivity contribution in [1.29, 1.82) is 0 Å². The van der Waals surface area contributed by atoms with E-state index in [4.69, 9.17) is 16.7 Å². The van der Waals surface area contributed by atoms with E-state index in [0.717, 1.165) is 36.8 Å². The molecule has 0 saturated carbocycles. The van der Waals surface area contributed by atoms with Crippen molar-refractivity contribution in [3.63, 3.8) is 0 Å². The fourth-order valence-corrected chi connectivity index (χ4v) is 2.32. The van der Waals surface area contributed by atoms with Crippen LogP contribution >= 0.6 is 11.6 Å². The van der Waals surface area contributed by atoms with Gasteiger partial charge in [0.2, 0.25) is 0 Å². The summed E-state index contributed by atoms with van der Waals surface area (Å²) in [5.74, 6) is 0.704. The van der Waals surface area contributed by atoms with Crippen LogP contribution in [0.3, 0.4) is 0 Å². The fraction of sp³-hybridized carbons (Fsp3) is 0.615. The maximum atomic E-state index is 8.75. The summed E-state index contributed by atoms with van der Waals surface area (Å²) in [4.78, 5) is 11.0. The van der Waals surface area contributed by atoms with Gasteiger partial charge in [0.25, 0.3) is 0 Å². The first kappa shape index (κ1) is 15.2. The Morgan fingerprint density at radius 1 is 1.30 bits per heavy atom. The lowest BCUT2D eigenvalue weighted by Gasteiger charge is -2.15. The molecule has 6 nitrogen and oxygen atoms in total. The third kappa shape index (κ3) is 3.65. The first-order valence-electron chi connectivity index (χ1n) is 6.75. The lowest BCUT2D eigenvalue weighted by molar-refractivity contribution is 0.269. The van der Waals surface area contributed by atoms with Crippen molar-refractivity contribution in [2.24, 2.45) is 7.05 Å². The number of aromatic nitrogens is 4. The van der Waals surface area contributed by atoms with Crippen molar-refractivity contribution in [1.82, 2.24) is 24.6 Å². The number of aliphatic hydroxyl groups is 1. The molecule has 0 aliphatic heterocycles. The van der Waals surface area contributed by atoms with E-state index in [1.165, 1.54) is 0 Å². The predicted molar refractivity (Wildman–Crippen MR) is 78.6 cm³/mol. The second kappa shape index (κ2) is 6.97. The van der Waals surface area contributed by atoms with E-state index in [1.54, 1.807) is 10.9 Å². The molecule has 0 spiro atoms. The Hall–Kier alpha value is -1.24. The Kier molecular flexibility index (Phi) is 5.28.